The van der Waals surface area contributed by atoms with Crippen LogP contribution in [0.25, 0.3) is 0 Å². The number of hydrogen-bond donors (Lipinski definition) is 3. The Morgan fingerprint density at radius 1 is 1.33 bits per heavy atom. The van der Waals surface area contributed by atoms with Gasteiger partial charge in [-0.2, -0.15) is 0 Å². The van der Waals surface area contributed by atoms with E-state index in [1.165, 1.54) is 6.07 Å². The second-order valence-corrected chi connectivity index (χ2v) is 4.60. The van der Waals surface area contributed by atoms with Gasteiger partial charge >= 0.3 is 0 Å². The second kappa shape index (κ2) is 5.87. The molecule has 18 heavy (non-hydrogen) atoms. The fraction of sp³-hybridized carbons (Fsp3) is 0.500. The maximum Gasteiger partial charge on any atom is 0.252 e. The minimum Gasteiger partial charge on any atom is -0.508 e. The molecule has 1 rings (SSSR count). The number of aliphatic hydroxyl groups excluding tert-OH is 1. The van der Waals surface area contributed by atoms with E-state index < -0.39 is 5.54 Å². The molecule has 100 valence electrons. The summed E-state index contributed by atoms with van der Waals surface area (Å²) in [7, 11) is 0. The monoisotopic (exact) mass is 251 g/mol. The van der Waals surface area contributed by atoms with E-state index in [0.29, 0.717) is 24.0 Å². The van der Waals surface area contributed by atoms with Crippen molar-refractivity contribution in [3.8, 4) is 5.75 Å². The normalized spacial score (nSPS) is 11.3. The van der Waals surface area contributed by atoms with Crippen molar-refractivity contribution in [2.45, 2.75) is 39.2 Å². The Kier molecular flexibility index (Phi) is 4.73. The molecule has 1 amide bonds. The zero-order valence-electron chi connectivity index (χ0n) is 11.2. The molecule has 0 radical (unpaired) electrons. The first-order valence-corrected chi connectivity index (χ1v) is 6.21. The van der Waals surface area contributed by atoms with Crippen molar-refractivity contribution in [3.63, 3.8) is 0 Å². The number of aromatic hydroxyl groups is 1. The number of amides is 1. The van der Waals surface area contributed by atoms with Crippen LogP contribution in [0, 0.1) is 6.92 Å². The lowest BCUT2D eigenvalue weighted by molar-refractivity contribution is 0.0817. The highest BCUT2D eigenvalue weighted by atomic mass is 16.3. The Morgan fingerprint density at radius 3 is 2.39 bits per heavy atom. The maximum absolute atomic E-state index is 12.2. The number of rotatable bonds is 5. The Bertz CT molecular complexity index is 417. The van der Waals surface area contributed by atoms with Gasteiger partial charge in [0.05, 0.1) is 12.1 Å². The largest absolute Gasteiger partial charge is 0.508 e. The van der Waals surface area contributed by atoms with Crippen molar-refractivity contribution in [2.75, 3.05) is 6.61 Å². The van der Waals surface area contributed by atoms with Gasteiger partial charge in [-0.25, -0.2) is 0 Å². The third kappa shape index (κ3) is 3.01. The van der Waals surface area contributed by atoms with Crippen LogP contribution in [0.2, 0.25) is 0 Å². The Morgan fingerprint density at radius 2 is 1.94 bits per heavy atom. The predicted molar refractivity (Wildman–Crippen MR) is 70.7 cm³/mol. The summed E-state index contributed by atoms with van der Waals surface area (Å²) in [4.78, 5) is 12.2. The summed E-state index contributed by atoms with van der Waals surface area (Å²) in [6.45, 7) is 5.56. The van der Waals surface area contributed by atoms with Crippen molar-refractivity contribution in [2.24, 2.45) is 0 Å². The lowest BCUT2D eigenvalue weighted by Crippen LogP contribution is -2.50. The van der Waals surface area contributed by atoms with Gasteiger partial charge in [-0.1, -0.05) is 13.8 Å². The molecule has 0 fully saturated rings. The first-order chi connectivity index (χ1) is 8.48. The number of phenolic OH excluding ortho intramolecular Hbond substituents is 1. The van der Waals surface area contributed by atoms with Crippen molar-refractivity contribution in [3.05, 3.63) is 29.3 Å². The van der Waals surface area contributed by atoms with Crippen LogP contribution >= 0.6 is 0 Å². The highest BCUT2D eigenvalue weighted by molar-refractivity contribution is 5.96. The molecule has 0 unspecified atom stereocenters. The van der Waals surface area contributed by atoms with Crippen LogP contribution in [0.15, 0.2) is 18.2 Å². The average Bonchev–Trinajstić information content (AvgIpc) is 2.36. The van der Waals surface area contributed by atoms with Gasteiger partial charge in [-0.15, -0.1) is 0 Å². The maximum atomic E-state index is 12.2. The zero-order chi connectivity index (χ0) is 13.8. The van der Waals surface area contributed by atoms with Crippen LogP contribution in [-0.2, 0) is 0 Å². The van der Waals surface area contributed by atoms with E-state index in [-0.39, 0.29) is 18.3 Å². The predicted octanol–water partition coefficient (Wildman–Crippen LogP) is 1.98. The summed E-state index contributed by atoms with van der Waals surface area (Å²) in [6, 6.07) is 4.63. The molecule has 0 heterocycles. The smallest absolute Gasteiger partial charge is 0.252 e. The van der Waals surface area contributed by atoms with Gasteiger partial charge < -0.3 is 15.5 Å². The van der Waals surface area contributed by atoms with Crippen LogP contribution in [0.1, 0.15) is 42.6 Å². The summed E-state index contributed by atoms with van der Waals surface area (Å²) in [5.41, 5.74) is 0.667. The molecule has 4 nitrogen and oxygen atoms in total. The molecule has 0 spiro atoms. The van der Waals surface area contributed by atoms with Crippen LogP contribution in [0.4, 0.5) is 0 Å². The van der Waals surface area contributed by atoms with Crippen molar-refractivity contribution in [1.82, 2.24) is 5.32 Å². The fourth-order valence-corrected chi connectivity index (χ4v) is 1.90. The molecule has 0 bridgehead atoms. The summed E-state index contributed by atoms with van der Waals surface area (Å²) >= 11 is 0. The van der Waals surface area contributed by atoms with E-state index in [2.05, 4.69) is 5.32 Å². The van der Waals surface area contributed by atoms with Gasteiger partial charge in [0.15, 0.2) is 0 Å². The van der Waals surface area contributed by atoms with Crippen LogP contribution in [-0.4, -0.2) is 28.3 Å². The molecule has 1 aromatic rings. The number of aryl methyl sites for hydroxylation is 1. The fourth-order valence-electron chi connectivity index (χ4n) is 1.90. The van der Waals surface area contributed by atoms with E-state index in [1.807, 2.05) is 13.8 Å². The Balaban J connectivity index is 2.94. The number of carbonyl (C=O) groups excluding carboxylic acids is 1. The number of nitrogens with one attached hydrogen (secondary N) is 1. The minimum atomic E-state index is -0.568. The second-order valence-electron chi connectivity index (χ2n) is 4.60. The quantitative estimate of drug-likeness (QED) is 0.749. The molecule has 0 aromatic heterocycles. The Hall–Kier alpha value is -1.55. The summed E-state index contributed by atoms with van der Waals surface area (Å²) in [5, 5.41) is 21.6. The van der Waals surface area contributed by atoms with Crippen LogP contribution in [0.5, 0.6) is 5.75 Å². The minimum absolute atomic E-state index is 0.0805. The number of phenols is 1. The molecule has 0 aliphatic carbocycles. The van der Waals surface area contributed by atoms with Crippen molar-refractivity contribution in [1.29, 1.82) is 0 Å². The number of aliphatic hydroxyl groups is 1. The standard InChI is InChI=1S/C14H21NO3/c1-4-14(5-2,9-16)15-13(18)12-7-6-11(17)8-10(12)3/h6-8,16-17H,4-5,9H2,1-3H3,(H,15,18). The molecule has 0 saturated carbocycles. The van der Waals surface area contributed by atoms with E-state index in [1.54, 1.807) is 19.1 Å². The molecule has 1 aromatic carbocycles. The average molecular weight is 251 g/mol. The number of hydrogen-bond acceptors (Lipinski definition) is 3. The van der Waals surface area contributed by atoms with Crippen LogP contribution in [0.3, 0.4) is 0 Å². The third-order valence-electron chi connectivity index (χ3n) is 3.49. The van der Waals surface area contributed by atoms with E-state index in [9.17, 15) is 15.0 Å². The molecular weight excluding hydrogens is 230 g/mol. The summed E-state index contributed by atoms with van der Waals surface area (Å²) in [6.07, 6.45) is 1.34. The van der Waals surface area contributed by atoms with Crippen molar-refractivity contribution >= 4 is 5.91 Å². The Labute approximate surface area is 108 Å². The first-order valence-electron chi connectivity index (χ1n) is 6.21. The molecule has 4 heteroatoms. The molecule has 0 saturated heterocycles. The molecule has 3 N–H and O–H groups in total. The van der Waals surface area contributed by atoms with Gasteiger partial charge in [0.2, 0.25) is 0 Å². The lowest BCUT2D eigenvalue weighted by atomic mass is 9.93. The first kappa shape index (κ1) is 14.5. The van der Waals surface area contributed by atoms with E-state index in [0.717, 1.165) is 0 Å². The molecular formula is C14H21NO3. The lowest BCUT2D eigenvalue weighted by Gasteiger charge is -2.31. The van der Waals surface area contributed by atoms with E-state index >= 15 is 0 Å². The molecule has 0 aliphatic rings. The topological polar surface area (TPSA) is 69.6 Å². The van der Waals surface area contributed by atoms with Gasteiger partial charge in [0.1, 0.15) is 5.75 Å². The van der Waals surface area contributed by atoms with Gasteiger partial charge in [-0.3, -0.25) is 4.79 Å². The SMILES string of the molecule is CCC(CC)(CO)NC(=O)c1ccc(O)cc1C. The van der Waals surface area contributed by atoms with Crippen LogP contribution < -0.4 is 5.32 Å². The summed E-state index contributed by atoms with van der Waals surface area (Å²) in [5.74, 6) is -0.0753. The number of carbonyl (C=O) groups is 1. The highest BCUT2D eigenvalue weighted by Gasteiger charge is 2.27. The zero-order valence-corrected chi connectivity index (χ0v) is 11.2. The highest BCUT2D eigenvalue weighted by Crippen LogP contribution is 2.19. The van der Waals surface area contributed by atoms with Gasteiger partial charge in [-0.05, 0) is 43.5 Å². The molecule has 0 atom stereocenters. The van der Waals surface area contributed by atoms with Gasteiger partial charge in [0.25, 0.3) is 5.91 Å². The van der Waals surface area contributed by atoms with Gasteiger partial charge in [0, 0.05) is 5.56 Å². The van der Waals surface area contributed by atoms with Crippen molar-refractivity contribution < 1.29 is 15.0 Å². The third-order valence-corrected chi connectivity index (χ3v) is 3.49. The molecule has 0 aliphatic heterocycles. The van der Waals surface area contributed by atoms with E-state index in [4.69, 9.17) is 0 Å². The number of benzene rings is 1. The summed E-state index contributed by atoms with van der Waals surface area (Å²) < 4.78 is 0.